The van der Waals surface area contributed by atoms with Crippen molar-refractivity contribution in [2.75, 3.05) is 0 Å². The van der Waals surface area contributed by atoms with Gasteiger partial charge in [0.05, 0.1) is 11.2 Å². The fourth-order valence-electron chi connectivity index (χ4n) is 2.87. The number of para-hydroxylation sites is 1. The average Bonchev–Trinajstić information content (AvgIpc) is 2.93. The van der Waals surface area contributed by atoms with Gasteiger partial charge in [0.15, 0.2) is 0 Å². The highest BCUT2D eigenvalue weighted by atomic mass is 15.0. The lowest BCUT2D eigenvalue weighted by atomic mass is 10.1. The van der Waals surface area contributed by atoms with Crippen molar-refractivity contribution in [2.45, 2.75) is 19.8 Å². The molecule has 4 aromatic rings. The minimum absolute atomic E-state index is 0.437. The van der Waals surface area contributed by atoms with Gasteiger partial charge in [0.25, 0.3) is 0 Å². The zero-order valence-electron chi connectivity index (χ0n) is 11.7. The maximum absolute atomic E-state index is 4.85. The molecule has 0 aliphatic rings. The van der Waals surface area contributed by atoms with E-state index >= 15 is 0 Å². The number of imidazole rings is 1. The summed E-state index contributed by atoms with van der Waals surface area (Å²) >= 11 is 0. The zero-order valence-corrected chi connectivity index (χ0v) is 11.7. The number of hydrogen-bond donors (Lipinski definition) is 0. The molecule has 2 aromatic carbocycles. The van der Waals surface area contributed by atoms with E-state index in [1.54, 1.807) is 0 Å². The molecule has 4 rings (SSSR count). The Morgan fingerprint density at radius 1 is 0.850 bits per heavy atom. The molecule has 0 radical (unpaired) electrons. The maximum Gasteiger partial charge on any atom is 0.145 e. The molecule has 0 amide bonds. The van der Waals surface area contributed by atoms with Gasteiger partial charge >= 0.3 is 0 Å². The Bertz CT molecular complexity index is 859. The first kappa shape index (κ1) is 11.5. The van der Waals surface area contributed by atoms with Gasteiger partial charge in [-0.15, -0.1) is 0 Å². The van der Waals surface area contributed by atoms with Crippen LogP contribution in [0.5, 0.6) is 0 Å². The van der Waals surface area contributed by atoms with Crippen LogP contribution in [0.4, 0.5) is 0 Å². The molecule has 0 aliphatic carbocycles. The van der Waals surface area contributed by atoms with Crippen LogP contribution in [-0.2, 0) is 0 Å². The maximum atomic E-state index is 4.85. The quantitative estimate of drug-likeness (QED) is 0.451. The van der Waals surface area contributed by atoms with Crippen LogP contribution in [0.1, 0.15) is 25.5 Å². The number of aromatic nitrogens is 2. The number of nitrogens with zero attached hydrogens (tertiary/aromatic N) is 2. The van der Waals surface area contributed by atoms with E-state index in [-0.39, 0.29) is 0 Å². The molecule has 2 aromatic heterocycles. The Balaban J connectivity index is 2.32. The number of hydrogen-bond acceptors (Lipinski definition) is 1. The van der Waals surface area contributed by atoms with Gasteiger partial charge in [-0.25, -0.2) is 4.98 Å². The lowest BCUT2D eigenvalue weighted by molar-refractivity contribution is 0.834. The summed E-state index contributed by atoms with van der Waals surface area (Å²) in [6.45, 7) is 4.37. The first-order chi connectivity index (χ1) is 9.75. The molecular formula is C18H16N2. The Morgan fingerprint density at radius 2 is 1.50 bits per heavy atom. The molecule has 0 bridgehead atoms. The van der Waals surface area contributed by atoms with Gasteiger partial charge in [-0.05, 0) is 17.4 Å². The van der Waals surface area contributed by atoms with Gasteiger partial charge in [-0.3, -0.25) is 4.40 Å². The Hall–Kier alpha value is -2.35. The van der Waals surface area contributed by atoms with Crippen LogP contribution in [0.2, 0.25) is 0 Å². The second kappa shape index (κ2) is 4.07. The van der Waals surface area contributed by atoms with Gasteiger partial charge in [-0.2, -0.15) is 0 Å². The highest BCUT2D eigenvalue weighted by Crippen LogP contribution is 2.30. The molecule has 20 heavy (non-hydrogen) atoms. The first-order valence-corrected chi connectivity index (χ1v) is 7.04. The predicted octanol–water partition coefficient (Wildman–Crippen LogP) is 4.76. The molecule has 0 saturated heterocycles. The second-order valence-electron chi connectivity index (χ2n) is 5.58. The number of rotatable bonds is 1. The van der Waals surface area contributed by atoms with Crippen LogP contribution in [0.3, 0.4) is 0 Å². The zero-order chi connectivity index (χ0) is 13.7. The van der Waals surface area contributed by atoms with Crippen molar-refractivity contribution >= 4 is 27.3 Å². The lowest BCUT2D eigenvalue weighted by Gasteiger charge is -2.07. The van der Waals surface area contributed by atoms with Crippen molar-refractivity contribution in [3.8, 4) is 0 Å². The molecule has 2 heteroatoms. The summed E-state index contributed by atoms with van der Waals surface area (Å²) in [5.41, 5.74) is 3.43. The highest BCUT2D eigenvalue weighted by molar-refractivity contribution is 6.11. The van der Waals surface area contributed by atoms with Crippen molar-refractivity contribution in [1.82, 2.24) is 9.38 Å². The molecule has 0 aliphatic heterocycles. The van der Waals surface area contributed by atoms with Gasteiger partial charge in [0, 0.05) is 17.0 Å². The molecule has 0 fully saturated rings. The van der Waals surface area contributed by atoms with Crippen LogP contribution in [0, 0.1) is 0 Å². The number of benzene rings is 2. The SMILES string of the molecule is CC(C)c1cn2c3ccccc3c3ccccc3c2n1. The van der Waals surface area contributed by atoms with Gasteiger partial charge in [0.1, 0.15) is 5.65 Å². The van der Waals surface area contributed by atoms with E-state index < -0.39 is 0 Å². The van der Waals surface area contributed by atoms with E-state index in [1.165, 1.54) is 21.7 Å². The molecule has 0 spiro atoms. The third-order valence-electron chi connectivity index (χ3n) is 3.94. The van der Waals surface area contributed by atoms with E-state index in [1.807, 2.05) is 0 Å². The predicted molar refractivity (Wildman–Crippen MR) is 84.3 cm³/mol. The lowest BCUT2D eigenvalue weighted by Crippen LogP contribution is -1.89. The standard InChI is InChI=1S/C18H16N2/c1-12(2)16-11-20-17-10-6-5-8-14(17)13-7-3-4-9-15(13)18(20)19-16/h3-12H,1-2H3. The fraction of sp³-hybridized carbons (Fsp3) is 0.167. The van der Waals surface area contributed by atoms with Crippen molar-refractivity contribution in [1.29, 1.82) is 0 Å². The Morgan fingerprint density at radius 3 is 2.25 bits per heavy atom. The summed E-state index contributed by atoms with van der Waals surface area (Å²) in [4.78, 5) is 4.85. The smallest absolute Gasteiger partial charge is 0.145 e. The van der Waals surface area contributed by atoms with Crippen LogP contribution in [-0.4, -0.2) is 9.38 Å². The van der Waals surface area contributed by atoms with Crippen molar-refractivity contribution in [3.05, 3.63) is 60.4 Å². The third-order valence-corrected chi connectivity index (χ3v) is 3.94. The minimum Gasteiger partial charge on any atom is -0.299 e. The van der Waals surface area contributed by atoms with E-state index in [9.17, 15) is 0 Å². The van der Waals surface area contributed by atoms with Crippen molar-refractivity contribution in [2.24, 2.45) is 0 Å². The van der Waals surface area contributed by atoms with Crippen molar-refractivity contribution in [3.63, 3.8) is 0 Å². The second-order valence-corrected chi connectivity index (χ2v) is 5.58. The van der Waals surface area contributed by atoms with Crippen LogP contribution in [0.25, 0.3) is 27.3 Å². The normalized spacial score (nSPS) is 11.9. The van der Waals surface area contributed by atoms with Gasteiger partial charge in [0.2, 0.25) is 0 Å². The van der Waals surface area contributed by atoms with Gasteiger partial charge < -0.3 is 0 Å². The van der Waals surface area contributed by atoms with E-state index in [0.717, 1.165) is 11.3 Å². The third kappa shape index (κ3) is 1.48. The molecular weight excluding hydrogens is 244 g/mol. The monoisotopic (exact) mass is 260 g/mol. The first-order valence-electron chi connectivity index (χ1n) is 7.04. The van der Waals surface area contributed by atoms with Crippen molar-refractivity contribution < 1.29 is 0 Å². The summed E-state index contributed by atoms with van der Waals surface area (Å²) < 4.78 is 2.23. The summed E-state index contributed by atoms with van der Waals surface area (Å²) in [5.74, 6) is 0.437. The Labute approximate surface area is 117 Å². The average molecular weight is 260 g/mol. The summed E-state index contributed by atoms with van der Waals surface area (Å²) in [5, 5.41) is 3.78. The highest BCUT2D eigenvalue weighted by Gasteiger charge is 2.12. The molecule has 98 valence electrons. The number of pyridine rings is 1. The van der Waals surface area contributed by atoms with Crippen LogP contribution in [0.15, 0.2) is 54.7 Å². The molecule has 0 atom stereocenters. The van der Waals surface area contributed by atoms with Crippen LogP contribution < -0.4 is 0 Å². The Kier molecular flexibility index (Phi) is 2.34. The van der Waals surface area contributed by atoms with Crippen LogP contribution >= 0.6 is 0 Å². The summed E-state index contributed by atoms with van der Waals surface area (Å²) in [7, 11) is 0. The fourth-order valence-corrected chi connectivity index (χ4v) is 2.87. The molecule has 2 heterocycles. The van der Waals surface area contributed by atoms with E-state index in [2.05, 4.69) is 73.0 Å². The van der Waals surface area contributed by atoms with E-state index in [4.69, 9.17) is 4.98 Å². The number of fused-ring (bicyclic) bond motifs is 6. The van der Waals surface area contributed by atoms with Gasteiger partial charge in [-0.1, -0.05) is 56.3 Å². The molecule has 0 unspecified atom stereocenters. The molecule has 0 saturated carbocycles. The topological polar surface area (TPSA) is 17.3 Å². The molecule has 2 nitrogen and oxygen atoms in total. The minimum atomic E-state index is 0.437. The van der Waals surface area contributed by atoms with E-state index in [0.29, 0.717) is 5.92 Å². The largest absolute Gasteiger partial charge is 0.299 e. The summed E-state index contributed by atoms with van der Waals surface area (Å²) in [6, 6.07) is 17.1. The molecule has 0 N–H and O–H groups in total. The summed E-state index contributed by atoms with van der Waals surface area (Å²) in [6.07, 6.45) is 2.18.